The van der Waals surface area contributed by atoms with Gasteiger partial charge in [-0.15, -0.1) is 0 Å². The van der Waals surface area contributed by atoms with Crippen LogP contribution in [-0.2, 0) is 16.4 Å². The smallest absolute Gasteiger partial charge is 0.325 e. The minimum Gasteiger partial charge on any atom is -0.494 e. The molecular formula is C20H21FN2O4S. The first-order chi connectivity index (χ1) is 13.4. The summed E-state index contributed by atoms with van der Waals surface area (Å²) in [6, 6.07) is 11.9. The Morgan fingerprint density at radius 1 is 1.11 bits per heavy atom. The molecule has 2 fully saturated rings. The Labute approximate surface area is 163 Å². The van der Waals surface area contributed by atoms with Crippen molar-refractivity contribution < 1.29 is 22.3 Å². The molecule has 8 heteroatoms. The number of hydrogen-bond acceptors (Lipinski definition) is 4. The largest absolute Gasteiger partial charge is 0.494 e. The standard InChI is InChI=1S/C20H21FN2O4S/c1-2-27-17-8-6-16(7-9-17)23-19-13-28(25,26)12-18(19)22(20(23)24)11-14-4-3-5-15(21)10-14/h3-10,18-19H,2,11-13H2,1H3/t18-,19+/m1/s1. The Balaban J connectivity index is 1.66. The molecular weight excluding hydrogens is 383 g/mol. The van der Waals surface area contributed by atoms with E-state index in [9.17, 15) is 17.6 Å². The molecule has 0 bridgehead atoms. The summed E-state index contributed by atoms with van der Waals surface area (Å²) in [6.07, 6.45) is 0. The molecule has 0 spiro atoms. The Kier molecular flexibility index (Phi) is 4.74. The average Bonchev–Trinajstić information content (AvgIpc) is 3.07. The molecule has 2 heterocycles. The molecule has 0 saturated carbocycles. The maximum atomic E-state index is 13.6. The zero-order valence-electron chi connectivity index (χ0n) is 15.4. The summed E-state index contributed by atoms with van der Waals surface area (Å²) >= 11 is 0. The van der Waals surface area contributed by atoms with Gasteiger partial charge in [0.05, 0.1) is 30.2 Å². The second-order valence-corrected chi connectivity index (χ2v) is 9.20. The van der Waals surface area contributed by atoms with E-state index in [-0.39, 0.29) is 29.9 Å². The van der Waals surface area contributed by atoms with Crippen LogP contribution in [0.25, 0.3) is 0 Å². The van der Waals surface area contributed by atoms with Crippen molar-refractivity contribution in [1.82, 2.24) is 4.90 Å². The molecule has 148 valence electrons. The fourth-order valence-corrected chi connectivity index (χ4v) is 5.92. The first-order valence-corrected chi connectivity index (χ1v) is 11.0. The third-order valence-corrected chi connectivity index (χ3v) is 6.84. The van der Waals surface area contributed by atoms with Crippen molar-refractivity contribution in [2.75, 3.05) is 23.0 Å². The fraction of sp³-hybridized carbons (Fsp3) is 0.350. The predicted molar refractivity (Wildman–Crippen MR) is 104 cm³/mol. The molecule has 6 nitrogen and oxygen atoms in total. The van der Waals surface area contributed by atoms with E-state index >= 15 is 0 Å². The number of fused-ring (bicyclic) bond motifs is 1. The molecule has 2 saturated heterocycles. The first kappa shape index (κ1) is 18.7. The van der Waals surface area contributed by atoms with Gasteiger partial charge in [0, 0.05) is 12.2 Å². The van der Waals surface area contributed by atoms with Crippen molar-refractivity contribution in [2.24, 2.45) is 0 Å². The molecule has 28 heavy (non-hydrogen) atoms. The number of rotatable bonds is 5. The van der Waals surface area contributed by atoms with Crippen molar-refractivity contribution in [3.63, 3.8) is 0 Å². The molecule has 2 aromatic carbocycles. The highest BCUT2D eigenvalue weighted by Gasteiger charge is 2.53. The summed E-state index contributed by atoms with van der Waals surface area (Å²) < 4.78 is 43.5. The van der Waals surface area contributed by atoms with Gasteiger partial charge in [-0.2, -0.15) is 0 Å². The molecule has 2 aliphatic rings. The molecule has 2 amide bonds. The molecule has 2 aromatic rings. The van der Waals surface area contributed by atoms with Gasteiger partial charge in [0.2, 0.25) is 0 Å². The summed E-state index contributed by atoms with van der Waals surface area (Å²) in [6.45, 7) is 2.59. The van der Waals surface area contributed by atoms with E-state index in [1.807, 2.05) is 6.92 Å². The van der Waals surface area contributed by atoms with Crippen molar-refractivity contribution in [1.29, 1.82) is 0 Å². The van der Waals surface area contributed by atoms with Crippen LogP contribution in [0.5, 0.6) is 5.75 Å². The van der Waals surface area contributed by atoms with E-state index < -0.39 is 21.9 Å². The van der Waals surface area contributed by atoms with Crippen molar-refractivity contribution >= 4 is 21.6 Å². The van der Waals surface area contributed by atoms with E-state index in [1.54, 1.807) is 46.2 Å². The minimum atomic E-state index is -3.25. The Morgan fingerprint density at radius 3 is 2.50 bits per heavy atom. The van der Waals surface area contributed by atoms with Crippen LogP contribution in [0.15, 0.2) is 48.5 Å². The van der Waals surface area contributed by atoms with Crippen LogP contribution < -0.4 is 9.64 Å². The van der Waals surface area contributed by atoms with Crippen LogP contribution >= 0.6 is 0 Å². The number of halogens is 1. The second kappa shape index (κ2) is 7.09. The Morgan fingerprint density at radius 2 is 1.82 bits per heavy atom. The lowest BCUT2D eigenvalue weighted by atomic mass is 10.1. The highest BCUT2D eigenvalue weighted by Crippen LogP contribution is 2.36. The monoisotopic (exact) mass is 404 g/mol. The number of ether oxygens (including phenoxy) is 1. The number of hydrogen-bond donors (Lipinski definition) is 0. The lowest BCUT2D eigenvalue weighted by molar-refractivity contribution is 0.205. The molecule has 0 radical (unpaired) electrons. The van der Waals surface area contributed by atoms with Crippen LogP contribution in [0.3, 0.4) is 0 Å². The van der Waals surface area contributed by atoms with Crippen molar-refractivity contribution in [3.8, 4) is 5.75 Å². The van der Waals surface area contributed by atoms with Gasteiger partial charge in [-0.1, -0.05) is 12.1 Å². The van der Waals surface area contributed by atoms with Gasteiger partial charge in [0.15, 0.2) is 9.84 Å². The zero-order valence-corrected chi connectivity index (χ0v) is 16.2. The van der Waals surface area contributed by atoms with Gasteiger partial charge in [0.1, 0.15) is 11.6 Å². The highest BCUT2D eigenvalue weighted by atomic mass is 32.2. The summed E-state index contributed by atoms with van der Waals surface area (Å²) in [4.78, 5) is 16.3. The van der Waals surface area contributed by atoms with Gasteiger partial charge >= 0.3 is 6.03 Å². The highest BCUT2D eigenvalue weighted by molar-refractivity contribution is 7.91. The maximum Gasteiger partial charge on any atom is 0.325 e. The maximum absolute atomic E-state index is 13.6. The average molecular weight is 404 g/mol. The van der Waals surface area contributed by atoms with Crippen LogP contribution in [0.1, 0.15) is 12.5 Å². The van der Waals surface area contributed by atoms with E-state index in [4.69, 9.17) is 4.74 Å². The van der Waals surface area contributed by atoms with Crippen LogP contribution in [0.4, 0.5) is 14.9 Å². The van der Waals surface area contributed by atoms with Crippen LogP contribution in [0, 0.1) is 5.82 Å². The molecule has 0 aromatic heterocycles. The van der Waals surface area contributed by atoms with E-state index in [0.29, 0.717) is 23.6 Å². The molecule has 2 atom stereocenters. The number of anilines is 1. The number of amides is 2. The van der Waals surface area contributed by atoms with Gasteiger partial charge in [0.25, 0.3) is 0 Å². The van der Waals surface area contributed by atoms with Gasteiger partial charge in [-0.05, 0) is 48.9 Å². The molecule has 2 aliphatic heterocycles. The summed E-state index contributed by atoms with van der Waals surface area (Å²) in [5.41, 5.74) is 1.26. The molecule has 0 aliphatic carbocycles. The summed E-state index contributed by atoms with van der Waals surface area (Å²) in [5, 5.41) is 0. The number of carbonyl (C=O) groups is 1. The summed E-state index contributed by atoms with van der Waals surface area (Å²) in [7, 11) is -3.25. The van der Waals surface area contributed by atoms with E-state index in [1.165, 1.54) is 12.1 Å². The van der Waals surface area contributed by atoms with E-state index in [2.05, 4.69) is 0 Å². The van der Waals surface area contributed by atoms with Crippen molar-refractivity contribution in [3.05, 3.63) is 59.9 Å². The van der Waals surface area contributed by atoms with Crippen LogP contribution in [0.2, 0.25) is 0 Å². The molecule has 4 rings (SSSR count). The van der Waals surface area contributed by atoms with Crippen molar-refractivity contribution in [2.45, 2.75) is 25.6 Å². The molecule has 0 unspecified atom stereocenters. The number of urea groups is 1. The third-order valence-electron chi connectivity index (χ3n) is 5.15. The molecule has 0 N–H and O–H groups in total. The lowest BCUT2D eigenvalue weighted by Crippen LogP contribution is -2.37. The quantitative estimate of drug-likeness (QED) is 0.719. The SMILES string of the molecule is CCOc1ccc(N2C(=O)N(Cc3cccc(F)c3)[C@@H]3CS(=O)(=O)C[C@@H]32)cc1. The Hall–Kier alpha value is -2.61. The topological polar surface area (TPSA) is 66.9 Å². The predicted octanol–water partition coefficient (Wildman–Crippen LogP) is 2.83. The number of carbonyl (C=O) groups excluding carboxylic acids is 1. The normalized spacial score (nSPS) is 23.1. The minimum absolute atomic E-state index is 0.0731. The van der Waals surface area contributed by atoms with E-state index in [0.717, 1.165) is 0 Å². The van der Waals surface area contributed by atoms with Gasteiger partial charge in [-0.3, -0.25) is 4.90 Å². The van der Waals surface area contributed by atoms with Crippen LogP contribution in [-0.4, -0.2) is 49.5 Å². The summed E-state index contributed by atoms with van der Waals surface area (Å²) in [5.74, 6) is 0.149. The number of benzene rings is 2. The van der Waals surface area contributed by atoms with Gasteiger partial charge in [-0.25, -0.2) is 17.6 Å². The number of sulfone groups is 1. The first-order valence-electron chi connectivity index (χ1n) is 9.15. The lowest BCUT2D eigenvalue weighted by Gasteiger charge is -2.23. The zero-order chi connectivity index (χ0) is 19.9. The van der Waals surface area contributed by atoms with Gasteiger partial charge < -0.3 is 9.64 Å². The Bertz CT molecular complexity index is 994. The number of nitrogens with zero attached hydrogens (tertiary/aromatic N) is 2. The fourth-order valence-electron chi connectivity index (χ4n) is 3.97. The second-order valence-electron chi connectivity index (χ2n) is 7.05. The third kappa shape index (κ3) is 3.44.